The summed E-state index contributed by atoms with van der Waals surface area (Å²) in [6.07, 6.45) is 2.59. The molecule has 0 amide bonds. The van der Waals surface area contributed by atoms with E-state index in [2.05, 4.69) is 4.98 Å². The summed E-state index contributed by atoms with van der Waals surface area (Å²) >= 11 is 12.0. The van der Waals surface area contributed by atoms with E-state index in [9.17, 15) is 0 Å². The van der Waals surface area contributed by atoms with Gasteiger partial charge in [-0.3, -0.25) is 0 Å². The van der Waals surface area contributed by atoms with E-state index in [4.69, 9.17) is 33.7 Å². The number of nitrogens with two attached hydrogens (primary N) is 1. The van der Waals surface area contributed by atoms with Crippen LogP contribution in [0.15, 0.2) is 42.6 Å². The van der Waals surface area contributed by atoms with Gasteiger partial charge in [0, 0.05) is 17.6 Å². The summed E-state index contributed by atoms with van der Waals surface area (Å²) in [5.74, 6) is 1.03. The average Bonchev–Trinajstić information content (AvgIpc) is 2.81. The van der Waals surface area contributed by atoms with Gasteiger partial charge in [0.15, 0.2) is 0 Å². The molecule has 0 aliphatic carbocycles. The minimum absolute atomic E-state index is 0.443. The van der Waals surface area contributed by atoms with Crippen molar-refractivity contribution in [3.63, 3.8) is 0 Å². The molecule has 2 heterocycles. The van der Waals surface area contributed by atoms with Crippen LogP contribution in [0.4, 0.5) is 0 Å². The second-order valence-electron chi connectivity index (χ2n) is 4.51. The zero-order valence-corrected chi connectivity index (χ0v) is 12.6. The minimum Gasteiger partial charge on any atom is -0.436 e. The third kappa shape index (κ3) is 2.83. The van der Waals surface area contributed by atoms with Crippen molar-refractivity contribution in [2.24, 2.45) is 5.73 Å². The standard InChI is InChI=1S/C15H13Cl2N3O/c16-10-4-5-13(11(17)9-10)21-15-12(6-7-18)20-8-2-1-3-14(20)19-15/h1-5,8-9H,6-7,18H2. The van der Waals surface area contributed by atoms with E-state index in [-0.39, 0.29) is 0 Å². The molecule has 3 aromatic rings. The molecule has 0 spiro atoms. The highest BCUT2D eigenvalue weighted by Gasteiger charge is 2.14. The van der Waals surface area contributed by atoms with Gasteiger partial charge < -0.3 is 14.9 Å². The van der Waals surface area contributed by atoms with Gasteiger partial charge in [0.2, 0.25) is 5.88 Å². The van der Waals surface area contributed by atoms with E-state index in [1.54, 1.807) is 18.2 Å². The molecule has 0 aliphatic rings. The van der Waals surface area contributed by atoms with Crippen molar-refractivity contribution in [2.45, 2.75) is 6.42 Å². The van der Waals surface area contributed by atoms with Gasteiger partial charge in [0.25, 0.3) is 0 Å². The number of fused-ring (bicyclic) bond motifs is 1. The van der Waals surface area contributed by atoms with E-state index in [1.165, 1.54) is 0 Å². The van der Waals surface area contributed by atoms with Crippen LogP contribution in [-0.4, -0.2) is 15.9 Å². The first-order valence-corrected chi connectivity index (χ1v) is 7.23. The van der Waals surface area contributed by atoms with Crippen LogP contribution in [0.3, 0.4) is 0 Å². The fraction of sp³-hybridized carbons (Fsp3) is 0.133. The second-order valence-corrected chi connectivity index (χ2v) is 5.35. The Hall–Kier alpha value is -1.75. The fourth-order valence-electron chi connectivity index (χ4n) is 2.13. The minimum atomic E-state index is 0.443. The van der Waals surface area contributed by atoms with Crippen LogP contribution in [0, 0.1) is 0 Å². The molecule has 0 fully saturated rings. The Morgan fingerprint density at radius 1 is 1.19 bits per heavy atom. The SMILES string of the molecule is NCCc1c(Oc2ccc(Cl)cc2Cl)nc2ccccn12. The van der Waals surface area contributed by atoms with Crippen LogP contribution in [0.5, 0.6) is 11.6 Å². The first-order chi connectivity index (χ1) is 10.2. The average molecular weight is 322 g/mol. The molecule has 3 rings (SSSR count). The van der Waals surface area contributed by atoms with Crippen molar-refractivity contribution in [1.29, 1.82) is 0 Å². The van der Waals surface area contributed by atoms with Crippen LogP contribution in [-0.2, 0) is 6.42 Å². The second kappa shape index (κ2) is 5.93. The van der Waals surface area contributed by atoms with Gasteiger partial charge in [-0.1, -0.05) is 29.3 Å². The van der Waals surface area contributed by atoms with Crippen molar-refractivity contribution in [2.75, 3.05) is 6.54 Å². The van der Waals surface area contributed by atoms with Crippen LogP contribution < -0.4 is 10.5 Å². The summed E-state index contributed by atoms with van der Waals surface area (Å²) in [7, 11) is 0. The predicted octanol–water partition coefficient (Wildman–Crippen LogP) is 3.93. The molecular weight excluding hydrogens is 309 g/mol. The number of rotatable bonds is 4. The molecule has 108 valence electrons. The highest BCUT2D eigenvalue weighted by molar-refractivity contribution is 6.35. The van der Waals surface area contributed by atoms with Crippen LogP contribution >= 0.6 is 23.2 Å². The Morgan fingerprint density at radius 3 is 2.81 bits per heavy atom. The summed E-state index contributed by atoms with van der Waals surface area (Å²) < 4.78 is 7.82. The number of ether oxygens (including phenoxy) is 1. The third-order valence-electron chi connectivity index (χ3n) is 3.07. The van der Waals surface area contributed by atoms with Gasteiger partial charge in [0.1, 0.15) is 11.4 Å². The zero-order chi connectivity index (χ0) is 14.8. The van der Waals surface area contributed by atoms with Gasteiger partial charge >= 0.3 is 0 Å². The first-order valence-electron chi connectivity index (χ1n) is 6.48. The van der Waals surface area contributed by atoms with Gasteiger partial charge in [0.05, 0.1) is 10.7 Å². The topological polar surface area (TPSA) is 52.5 Å². The van der Waals surface area contributed by atoms with Gasteiger partial charge in [-0.05, 0) is 36.9 Å². The maximum atomic E-state index is 6.14. The molecule has 1 aromatic carbocycles. The van der Waals surface area contributed by atoms with Crippen LogP contribution in [0.2, 0.25) is 10.0 Å². The van der Waals surface area contributed by atoms with Gasteiger partial charge in [-0.25, -0.2) is 0 Å². The Morgan fingerprint density at radius 2 is 2.05 bits per heavy atom. The maximum absolute atomic E-state index is 6.14. The highest BCUT2D eigenvalue weighted by Crippen LogP contribution is 2.33. The van der Waals surface area contributed by atoms with Gasteiger partial charge in [-0.15, -0.1) is 0 Å². The lowest BCUT2D eigenvalue weighted by molar-refractivity contribution is 0.459. The lowest BCUT2D eigenvalue weighted by Gasteiger charge is -2.07. The highest BCUT2D eigenvalue weighted by atomic mass is 35.5. The van der Waals surface area contributed by atoms with Crippen molar-refractivity contribution in [3.8, 4) is 11.6 Å². The summed E-state index contributed by atoms with van der Waals surface area (Å²) in [6, 6.07) is 10.9. The Labute approximate surface area is 132 Å². The van der Waals surface area contributed by atoms with E-state index in [1.807, 2.05) is 28.8 Å². The number of pyridine rings is 1. The number of halogens is 2. The quantitative estimate of drug-likeness (QED) is 0.792. The lowest BCUT2D eigenvalue weighted by Crippen LogP contribution is -2.06. The first kappa shape index (κ1) is 14.2. The summed E-state index contributed by atoms with van der Waals surface area (Å²) in [4.78, 5) is 4.48. The fourth-order valence-corrected chi connectivity index (χ4v) is 2.58. The Balaban J connectivity index is 2.05. The molecule has 0 radical (unpaired) electrons. The largest absolute Gasteiger partial charge is 0.436 e. The molecule has 0 unspecified atom stereocenters. The number of aromatic nitrogens is 2. The smallest absolute Gasteiger partial charge is 0.241 e. The third-order valence-corrected chi connectivity index (χ3v) is 3.60. The molecule has 6 heteroatoms. The molecule has 2 aromatic heterocycles. The summed E-state index contributed by atoms with van der Waals surface area (Å²) in [6.45, 7) is 0.507. The summed E-state index contributed by atoms with van der Waals surface area (Å²) in [5, 5.41) is 1.00. The molecule has 0 saturated heterocycles. The van der Waals surface area contributed by atoms with E-state index < -0.39 is 0 Å². The van der Waals surface area contributed by atoms with Crippen molar-refractivity contribution in [1.82, 2.24) is 9.38 Å². The Bertz CT molecular complexity index is 786. The number of hydrogen-bond donors (Lipinski definition) is 1. The molecule has 0 aliphatic heterocycles. The molecule has 0 atom stereocenters. The molecule has 2 N–H and O–H groups in total. The lowest BCUT2D eigenvalue weighted by atomic mass is 10.3. The zero-order valence-electron chi connectivity index (χ0n) is 11.1. The molecule has 21 heavy (non-hydrogen) atoms. The number of imidazole rings is 1. The van der Waals surface area contributed by atoms with Gasteiger partial charge in [-0.2, -0.15) is 4.98 Å². The Kier molecular flexibility index (Phi) is 4.01. The number of hydrogen-bond acceptors (Lipinski definition) is 3. The normalized spacial score (nSPS) is 11.0. The molecule has 0 saturated carbocycles. The van der Waals surface area contributed by atoms with Crippen molar-refractivity contribution in [3.05, 3.63) is 58.3 Å². The molecular formula is C15H13Cl2N3O. The van der Waals surface area contributed by atoms with E-state index in [0.29, 0.717) is 34.6 Å². The van der Waals surface area contributed by atoms with E-state index in [0.717, 1.165) is 11.3 Å². The van der Waals surface area contributed by atoms with Crippen LogP contribution in [0.1, 0.15) is 5.69 Å². The van der Waals surface area contributed by atoms with Crippen molar-refractivity contribution < 1.29 is 4.74 Å². The molecule has 4 nitrogen and oxygen atoms in total. The maximum Gasteiger partial charge on any atom is 0.241 e. The monoisotopic (exact) mass is 321 g/mol. The summed E-state index contributed by atoms with van der Waals surface area (Å²) in [5.41, 5.74) is 7.40. The number of nitrogens with zero attached hydrogens (tertiary/aromatic N) is 2. The van der Waals surface area contributed by atoms with E-state index >= 15 is 0 Å². The van der Waals surface area contributed by atoms with Crippen molar-refractivity contribution >= 4 is 28.8 Å². The molecule has 0 bridgehead atoms. The number of benzene rings is 1. The van der Waals surface area contributed by atoms with Crippen LogP contribution in [0.25, 0.3) is 5.65 Å². The predicted molar refractivity (Wildman–Crippen MR) is 84.5 cm³/mol.